The number of benzene rings is 2. The minimum atomic E-state index is 0.574. The molecule has 8 heteroatoms. The molecule has 1 aliphatic rings. The summed E-state index contributed by atoms with van der Waals surface area (Å²) in [4.78, 5) is 0. The quantitative estimate of drug-likeness (QED) is 0.550. The van der Waals surface area contributed by atoms with Gasteiger partial charge >= 0.3 is 0 Å². The van der Waals surface area contributed by atoms with E-state index in [9.17, 15) is 0 Å². The number of hydrogen-bond donors (Lipinski definition) is 0. The van der Waals surface area contributed by atoms with Crippen molar-refractivity contribution in [2.75, 3.05) is 13.2 Å². The number of thioether (sulfide) groups is 1. The summed E-state index contributed by atoms with van der Waals surface area (Å²) in [7, 11) is 0. The Morgan fingerprint density at radius 3 is 2.76 bits per heavy atom. The van der Waals surface area contributed by atoms with E-state index in [2.05, 4.69) is 26.1 Å². The van der Waals surface area contributed by atoms with E-state index in [1.807, 2.05) is 41.0 Å². The Morgan fingerprint density at radius 1 is 1.16 bits per heavy atom. The van der Waals surface area contributed by atoms with Crippen LogP contribution in [0.4, 0.5) is 0 Å². The Morgan fingerprint density at radius 2 is 1.96 bits per heavy atom. The molecule has 1 aliphatic heterocycles. The zero-order valence-electron chi connectivity index (χ0n) is 13.0. The van der Waals surface area contributed by atoms with Crippen LogP contribution in [-0.2, 0) is 5.75 Å². The van der Waals surface area contributed by atoms with Gasteiger partial charge in [0.2, 0.25) is 0 Å². The van der Waals surface area contributed by atoms with Crippen molar-refractivity contribution in [2.45, 2.75) is 10.9 Å². The normalized spacial score (nSPS) is 13.0. The zero-order chi connectivity index (χ0) is 17.2. The highest BCUT2D eigenvalue weighted by atomic mass is 79.9. The molecule has 2 aromatic carbocycles. The maximum absolute atomic E-state index is 6.08. The van der Waals surface area contributed by atoms with Gasteiger partial charge in [-0.1, -0.05) is 45.4 Å². The van der Waals surface area contributed by atoms with Crippen molar-refractivity contribution in [3.63, 3.8) is 0 Å². The van der Waals surface area contributed by atoms with Gasteiger partial charge in [-0.2, -0.15) is 0 Å². The predicted molar refractivity (Wildman–Crippen MR) is 101 cm³/mol. The van der Waals surface area contributed by atoms with Gasteiger partial charge in [-0.25, -0.2) is 0 Å². The number of nitrogens with zero attached hydrogens (tertiary/aromatic N) is 3. The highest BCUT2D eigenvalue weighted by Crippen LogP contribution is 2.37. The molecule has 0 radical (unpaired) electrons. The predicted octanol–water partition coefficient (Wildman–Crippen LogP) is 4.75. The number of ether oxygens (including phenoxy) is 2. The summed E-state index contributed by atoms with van der Waals surface area (Å²) in [6, 6.07) is 11.6. The molecule has 0 amide bonds. The Bertz CT molecular complexity index is 919. The summed E-state index contributed by atoms with van der Waals surface area (Å²) in [5.74, 6) is 2.27. The maximum Gasteiger partial charge on any atom is 0.195 e. The molecular weight excluding hydrogens is 426 g/mol. The lowest BCUT2D eigenvalue weighted by atomic mass is 10.2. The molecule has 0 saturated carbocycles. The summed E-state index contributed by atoms with van der Waals surface area (Å²) in [5.41, 5.74) is 2.04. The van der Waals surface area contributed by atoms with E-state index < -0.39 is 0 Å². The van der Waals surface area contributed by atoms with E-state index >= 15 is 0 Å². The van der Waals surface area contributed by atoms with Crippen LogP contribution in [0.1, 0.15) is 5.56 Å². The first-order valence-electron chi connectivity index (χ1n) is 7.57. The van der Waals surface area contributed by atoms with E-state index in [1.54, 1.807) is 18.1 Å². The number of aromatic nitrogens is 3. The summed E-state index contributed by atoms with van der Waals surface area (Å²) in [6.45, 7) is 1.15. The second kappa shape index (κ2) is 7.27. The van der Waals surface area contributed by atoms with Crippen LogP contribution in [0.2, 0.25) is 5.02 Å². The fraction of sp³-hybridized carbons (Fsp3) is 0.176. The van der Waals surface area contributed by atoms with Gasteiger partial charge in [0, 0.05) is 15.2 Å². The largest absolute Gasteiger partial charge is 0.486 e. The monoisotopic (exact) mass is 437 g/mol. The molecule has 1 aromatic heterocycles. The smallest absolute Gasteiger partial charge is 0.195 e. The second-order valence-corrected chi connectivity index (χ2v) is 7.57. The zero-order valence-corrected chi connectivity index (χ0v) is 16.1. The topological polar surface area (TPSA) is 49.2 Å². The third-order valence-corrected chi connectivity index (χ3v) is 5.64. The first kappa shape index (κ1) is 16.8. The summed E-state index contributed by atoms with van der Waals surface area (Å²) < 4.78 is 14.2. The molecule has 0 N–H and O–H groups in total. The lowest BCUT2D eigenvalue weighted by molar-refractivity contribution is 0.171. The van der Waals surface area contributed by atoms with Crippen LogP contribution in [0.3, 0.4) is 0 Å². The third kappa shape index (κ3) is 3.63. The van der Waals surface area contributed by atoms with Crippen molar-refractivity contribution in [1.82, 2.24) is 14.8 Å². The second-order valence-electron chi connectivity index (χ2n) is 5.34. The molecular formula is C17H13BrClN3O2S. The first-order chi connectivity index (χ1) is 12.2. The highest BCUT2D eigenvalue weighted by molar-refractivity contribution is 9.10. The Balaban J connectivity index is 1.56. The lowest BCUT2D eigenvalue weighted by Crippen LogP contribution is -2.15. The average Bonchev–Trinajstić information content (AvgIpc) is 3.08. The van der Waals surface area contributed by atoms with Crippen molar-refractivity contribution in [1.29, 1.82) is 0 Å². The van der Waals surface area contributed by atoms with Crippen molar-refractivity contribution in [3.8, 4) is 17.2 Å². The van der Waals surface area contributed by atoms with E-state index in [-0.39, 0.29) is 0 Å². The van der Waals surface area contributed by atoms with Crippen LogP contribution in [0.15, 0.2) is 52.4 Å². The minimum Gasteiger partial charge on any atom is -0.486 e. The van der Waals surface area contributed by atoms with Gasteiger partial charge in [0.05, 0.1) is 5.69 Å². The van der Waals surface area contributed by atoms with Crippen LogP contribution in [0, 0.1) is 0 Å². The number of halogens is 2. The van der Waals surface area contributed by atoms with E-state index in [1.165, 1.54) is 0 Å². The van der Waals surface area contributed by atoms with E-state index in [4.69, 9.17) is 21.1 Å². The molecule has 0 unspecified atom stereocenters. The molecule has 0 atom stereocenters. The van der Waals surface area contributed by atoms with Crippen molar-refractivity contribution in [2.24, 2.45) is 0 Å². The van der Waals surface area contributed by atoms with Crippen LogP contribution in [-0.4, -0.2) is 28.0 Å². The van der Waals surface area contributed by atoms with Gasteiger partial charge in [-0.05, 0) is 35.9 Å². The molecule has 25 heavy (non-hydrogen) atoms. The van der Waals surface area contributed by atoms with Gasteiger partial charge in [-0.3, -0.25) is 4.57 Å². The van der Waals surface area contributed by atoms with E-state index in [0.29, 0.717) is 18.2 Å². The van der Waals surface area contributed by atoms with Crippen molar-refractivity contribution >= 4 is 39.3 Å². The number of hydrogen-bond acceptors (Lipinski definition) is 5. The standard InChI is InChI=1S/C17H13BrClN3O2S/c18-14-8-16-15(23-4-5-24-16)6-11(14)9-25-17-21-20-10-22(17)13-3-1-2-12(19)7-13/h1-3,6-8,10H,4-5,9H2. The summed E-state index contributed by atoms with van der Waals surface area (Å²) >= 11 is 11.3. The summed E-state index contributed by atoms with van der Waals surface area (Å²) in [6.07, 6.45) is 1.69. The third-order valence-electron chi connectivity index (χ3n) is 3.67. The minimum absolute atomic E-state index is 0.574. The van der Waals surface area contributed by atoms with Gasteiger partial charge in [-0.15, -0.1) is 10.2 Å². The van der Waals surface area contributed by atoms with Gasteiger partial charge in [0.15, 0.2) is 16.7 Å². The molecule has 2 heterocycles. The van der Waals surface area contributed by atoms with Crippen molar-refractivity contribution < 1.29 is 9.47 Å². The van der Waals surface area contributed by atoms with Gasteiger partial charge in [0.1, 0.15) is 19.5 Å². The fourth-order valence-corrected chi connectivity index (χ4v) is 4.24. The van der Waals surface area contributed by atoms with Crippen LogP contribution >= 0.6 is 39.3 Å². The SMILES string of the molecule is Clc1cccc(-n2cnnc2SCc2cc3c(cc2Br)OCCO3)c1. The number of rotatable bonds is 4. The number of fused-ring (bicyclic) bond motifs is 1. The highest BCUT2D eigenvalue weighted by Gasteiger charge is 2.16. The molecule has 0 bridgehead atoms. The average molecular weight is 439 g/mol. The molecule has 0 saturated heterocycles. The molecule has 3 aromatic rings. The molecule has 4 rings (SSSR count). The van der Waals surface area contributed by atoms with E-state index in [0.717, 1.165) is 38.1 Å². The molecule has 128 valence electrons. The van der Waals surface area contributed by atoms with Gasteiger partial charge in [0.25, 0.3) is 0 Å². The van der Waals surface area contributed by atoms with Crippen molar-refractivity contribution in [3.05, 3.63) is 57.8 Å². The fourth-order valence-electron chi connectivity index (χ4n) is 2.48. The van der Waals surface area contributed by atoms with Crippen LogP contribution in [0.25, 0.3) is 5.69 Å². The summed E-state index contributed by atoms with van der Waals surface area (Å²) in [5, 5.41) is 9.71. The Kier molecular flexibility index (Phi) is 4.87. The van der Waals surface area contributed by atoms with Gasteiger partial charge < -0.3 is 9.47 Å². The van der Waals surface area contributed by atoms with Crippen LogP contribution < -0.4 is 9.47 Å². The molecule has 0 fully saturated rings. The first-order valence-corrected chi connectivity index (χ1v) is 9.73. The van der Waals surface area contributed by atoms with Crippen LogP contribution in [0.5, 0.6) is 11.5 Å². The molecule has 0 spiro atoms. The Hall–Kier alpha value is -1.70. The Labute approximate surface area is 162 Å². The molecule has 0 aliphatic carbocycles. The molecule has 5 nitrogen and oxygen atoms in total. The maximum atomic E-state index is 6.08. The lowest BCUT2D eigenvalue weighted by Gasteiger charge is -2.19.